The number of H-pyrrole nitrogens is 1. The highest BCUT2D eigenvalue weighted by Crippen LogP contribution is 2.24. The normalized spacial score (nSPS) is 11.5. The van der Waals surface area contributed by atoms with Crippen LogP contribution < -0.4 is 5.32 Å². The van der Waals surface area contributed by atoms with E-state index >= 15 is 0 Å². The Labute approximate surface area is 145 Å². The highest BCUT2D eigenvalue weighted by molar-refractivity contribution is 7.13. The molecule has 8 heteroatoms. The molecule has 0 aliphatic heterocycles. The van der Waals surface area contributed by atoms with Gasteiger partial charge in [-0.1, -0.05) is 24.3 Å². The summed E-state index contributed by atoms with van der Waals surface area (Å²) in [5.74, 6) is -0.549. The molecule has 0 saturated heterocycles. The standard InChI is InChI=1S/C17H14F3N3OS/c18-17(19,20)9-11-4-1-2-5-13(11)16(24)21-10-12-8-14(23-22-12)15-6-3-7-25-15/h1-8H,9-10H2,(H,21,24)(H,22,23). The lowest BCUT2D eigenvalue weighted by atomic mass is 10.0. The van der Waals surface area contributed by atoms with E-state index in [9.17, 15) is 18.0 Å². The van der Waals surface area contributed by atoms with Crippen molar-refractivity contribution in [3.8, 4) is 10.6 Å². The average molecular weight is 365 g/mol. The number of halogens is 3. The Balaban J connectivity index is 1.67. The number of rotatable bonds is 5. The molecule has 1 amide bonds. The summed E-state index contributed by atoms with van der Waals surface area (Å²) in [4.78, 5) is 13.2. The molecule has 2 N–H and O–H groups in total. The topological polar surface area (TPSA) is 57.8 Å². The number of thiophene rings is 1. The molecule has 0 spiro atoms. The van der Waals surface area contributed by atoms with E-state index in [1.54, 1.807) is 23.5 Å². The van der Waals surface area contributed by atoms with Crippen LogP contribution in [0.2, 0.25) is 0 Å². The first-order valence-corrected chi connectivity index (χ1v) is 8.31. The number of aromatic amines is 1. The molecule has 0 fully saturated rings. The van der Waals surface area contributed by atoms with Gasteiger partial charge in [-0.3, -0.25) is 9.89 Å². The van der Waals surface area contributed by atoms with Crippen LogP contribution in [-0.4, -0.2) is 22.3 Å². The van der Waals surface area contributed by atoms with Crippen LogP contribution in [0.25, 0.3) is 10.6 Å². The molecule has 0 radical (unpaired) electrons. The molecule has 0 unspecified atom stereocenters. The first-order valence-electron chi connectivity index (χ1n) is 7.43. The van der Waals surface area contributed by atoms with Crippen molar-refractivity contribution in [2.24, 2.45) is 0 Å². The summed E-state index contributed by atoms with van der Waals surface area (Å²) in [6.07, 6.45) is -5.50. The van der Waals surface area contributed by atoms with Crippen molar-refractivity contribution in [2.45, 2.75) is 19.1 Å². The highest BCUT2D eigenvalue weighted by atomic mass is 32.1. The molecule has 25 heavy (non-hydrogen) atoms. The predicted molar refractivity (Wildman–Crippen MR) is 89.3 cm³/mol. The number of hydrogen-bond donors (Lipinski definition) is 2. The number of hydrogen-bond acceptors (Lipinski definition) is 3. The summed E-state index contributed by atoms with van der Waals surface area (Å²) in [7, 11) is 0. The van der Waals surface area contributed by atoms with Gasteiger partial charge in [0.1, 0.15) is 5.69 Å². The van der Waals surface area contributed by atoms with Gasteiger partial charge in [0.05, 0.1) is 23.5 Å². The lowest BCUT2D eigenvalue weighted by molar-refractivity contribution is -0.127. The third-order valence-electron chi connectivity index (χ3n) is 3.50. The fourth-order valence-electron chi connectivity index (χ4n) is 2.39. The molecule has 1 aromatic carbocycles. The van der Waals surface area contributed by atoms with Gasteiger partial charge in [-0.2, -0.15) is 18.3 Å². The Kier molecular flexibility index (Phi) is 4.89. The molecule has 0 aliphatic carbocycles. The lowest BCUT2D eigenvalue weighted by Crippen LogP contribution is -2.25. The third kappa shape index (κ3) is 4.48. The fraction of sp³-hybridized carbons (Fsp3) is 0.176. The molecule has 0 bridgehead atoms. The van der Waals surface area contributed by atoms with Crippen molar-refractivity contribution in [3.63, 3.8) is 0 Å². The van der Waals surface area contributed by atoms with Gasteiger partial charge < -0.3 is 5.32 Å². The minimum absolute atomic E-state index is 0.0258. The molecule has 2 aromatic heterocycles. The zero-order chi connectivity index (χ0) is 17.9. The van der Waals surface area contributed by atoms with E-state index in [0.29, 0.717) is 5.69 Å². The van der Waals surface area contributed by atoms with E-state index in [-0.39, 0.29) is 17.7 Å². The third-order valence-corrected chi connectivity index (χ3v) is 4.39. The van der Waals surface area contributed by atoms with Crippen LogP contribution in [0.15, 0.2) is 47.8 Å². The molecule has 130 valence electrons. The Hall–Kier alpha value is -2.61. The van der Waals surface area contributed by atoms with Crippen molar-refractivity contribution in [2.75, 3.05) is 0 Å². The zero-order valence-electron chi connectivity index (χ0n) is 12.9. The Morgan fingerprint density at radius 3 is 2.72 bits per heavy atom. The van der Waals surface area contributed by atoms with Gasteiger partial charge in [-0.15, -0.1) is 11.3 Å². The number of carbonyl (C=O) groups is 1. The van der Waals surface area contributed by atoms with Crippen LogP contribution in [-0.2, 0) is 13.0 Å². The number of amides is 1. The van der Waals surface area contributed by atoms with Crippen molar-refractivity contribution in [3.05, 3.63) is 64.7 Å². The summed E-state index contributed by atoms with van der Waals surface area (Å²) in [5, 5.41) is 11.5. The molecule has 3 aromatic rings. The monoisotopic (exact) mass is 365 g/mol. The fourth-order valence-corrected chi connectivity index (χ4v) is 3.07. The van der Waals surface area contributed by atoms with E-state index in [1.807, 2.05) is 17.5 Å². The van der Waals surface area contributed by atoms with Gasteiger partial charge in [-0.25, -0.2) is 0 Å². The lowest BCUT2D eigenvalue weighted by Gasteiger charge is -2.11. The summed E-state index contributed by atoms with van der Waals surface area (Å²) in [6, 6.07) is 11.4. The first kappa shape index (κ1) is 17.2. The summed E-state index contributed by atoms with van der Waals surface area (Å²) in [6.45, 7) is 0.150. The smallest absolute Gasteiger partial charge is 0.346 e. The molecule has 4 nitrogen and oxygen atoms in total. The molecule has 0 atom stereocenters. The number of carbonyl (C=O) groups excluding carboxylic acids is 1. The van der Waals surface area contributed by atoms with E-state index in [2.05, 4.69) is 15.5 Å². The molecular formula is C17H14F3N3OS. The van der Waals surface area contributed by atoms with Crippen LogP contribution in [0.4, 0.5) is 13.2 Å². The number of alkyl halides is 3. The molecular weight excluding hydrogens is 351 g/mol. The number of nitrogens with zero attached hydrogens (tertiary/aromatic N) is 1. The van der Waals surface area contributed by atoms with Crippen molar-refractivity contribution in [1.29, 1.82) is 0 Å². The first-order chi connectivity index (χ1) is 11.9. The highest BCUT2D eigenvalue weighted by Gasteiger charge is 2.29. The minimum Gasteiger partial charge on any atom is -0.346 e. The summed E-state index contributed by atoms with van der Waals surface area (Å²) < 4.78 is 37.9. The number of benzene rings is 1. The summed E-state index contributed by atoms with van der Waals surface area (Å²) >= 11 is 1.54. The second-order valence-corrected chi connectivity index (χ2v) is 6.34. The Morgan fingerprint density at radius 1 is 1.20 bits per heavy atom. The maximum Gasteiger partial charge on any atom is 0.393 e. The van der Waals surface area contributed by atoms with Gasteiger partial charge in [-0.05, 0) is 29.1 Å². The van der Waals surface area contributed by atoms with Crippen LogP contribution in [0.3, 0.4) is 0 Å². The quantitative estimate of drug-likeness (QED) is 0.713. The minimum atomic E-state index is -4.37. The Morgan fingerprint density at radius 2 is 2.00 bits per heavy atom. The Bertz CT molecular complexity index is 856. The van der Waals surface area contributed by atoms with E-state index in [4.69, 9.17) is 0 Å². The van der Waals surface area contributed by atoms with Crippen molar-refractivity contribution < 1.29 is 18.0 Å². The molecule has 0 saturated carbocycles. The van der Waals surface area contributed by atoms with Gasteiger partial charge in [0.15, 0.2) is 0 Å². The summed E-state index contributed by atoms with van der Waals surface area (Å²) in [5.41, 5.74) is 1.41. The zero-order valence-corrected chi connectivity index (χ0v) is 13.7. The molecule has 3 rings (SSSR count). The maximum absolute atomic E-state index is 12.6. The van der Waals surface area contributed by atoms with Crippen LogP contribution in [0.5, 0.6) is 0 Å². The SMILES string of the molecule is O=C(NCc1cc(-c2cccs2)n[nH]1)c1ccccc1CC(F)(F)F. The van der Waals surface area contributed by atoms with Crippen molar-refractivity contribution >= 4 is 17.2 Å². The van der Waals surface area contributed by atoms with Crippen LogP contribution in [0, 0.1) is 0 Å². The van der Waals surface area contributed by atoms with Crippen LogP contribution >= 0.6 is 11.3 Å². The van der Waals surface area contributed by atoms with E-state index < -0.39 is 18.5 Å². The predicted octanol–water partition coefficient (Wildman–Crippen LogP) is 4.17. The van der Waals surface area contributed by atoms with E-state index in [0.717, 1.165) is 10.6 Å². The average Bonchev–Trinajstić information content (AvgIpc) is 3.23. The van der Waals surface area contributed by atoms with Crippen LogP contribution in [0.1, 0.15) is 21.6 Å². The molecule has 0 aliphatic rings. The maximum atomic E-state index is 12.6. The number of nitrogens with one attached hydrogen (secondary N) is 2. The molecule has 2 heterocycles. The van der Waals surface area contributed by atoms with Gasteiger partial charge >= 0.3 is 6.18 Å². The largest absolute Gasteiger partial charge is 0.393 e. The van der Waals surface area contributed by atoms with Gasteiger partial charge in [0.2, 0.25) is 0 Å². The van der Waals surface area contributed by atoms with Crippen molar-refractivity contribution in [1.82, 2.24) is 15.5 Å². The van der Waals surface area contributed by atoms with E-state index in [1.165, 1.54) is 18.2 Å². The van der Waals surface area contributed by atoms with Gasteiger partial charge in [0, 0.05) is 5.56 Å². The van der Waals surface area contributed by atoms with Gasteiger partial charge in [0.25, 0.3) is 5.91 Å². The number of aromatic nitrogens is 2. The second kappa shape index (κ2) is 7.10. The second-order valence-electron chi connectivity index (χ2n) is 5.39.